The molecule has 5 N–H and O–H groups in total. The minimum atomic E-state index is -0.362. The van der Waals surface area contributed by atoms with Gasteiger partial charge in [-0.15, -0.1) is 11.3 Å². The number of nitrogens with two attached hydrogens (primary N) is 1. The lowest BCUT2D eigenvalue weighted by Crippen LogP contribution is -2.43. The van der Waals surface area contributed by atoms with Gasteiger partial charge in [-0.25, -0.2) is 4.79 Å². The molecule has 0 radical (unpaired) electrons. The van der Waals surface area contributed by atoms with Gasteiger partial charge in [-0.05, 0) is 33.9 Å². The van der Waals surface area contributed by atoms with Crippen molar-refractivity contribution in [3.63, 3.8) is 0 Å². The van der Waals surface area contributed by atoms with E-state index in [0.717, 1.165) is 10.6 Å². The van der Waals surface area contributed by atoms with Crippen LogP contribution in [-0.2, 0) is 4.74 Å². The first-order valence-corrected chi connectivity index (χ1v) is 8.22. The van der Waals surface area contributed by atoms with E-state index >= 15 is 0 Å². The second kappa shape index (κ2) is 8.89. The van der Waals surface area contributed by atoms with Crippen LogP contribution in [0.4, 0.5) is 5.69 Å². The average molecular weight is 338 g/mol. The van der Waals surface area contributed by atoms with Gasteiger partial charge in [0, 0.05) is 24.5 Å². The maximum absolute atomic E-state index is 11.9. The Morgan fingerprint density at radius 2 is 2.13 bits per heavy atom. The smallest absolute Gasteiger partial charge is 0.350 e. The lowest BCUT2D eigenvalue weighted by Gasteiger charge is -2.16. The molecule has 128 valence electrons. The number of ether oxygens (including phenoxy) is 1. The number of anilines is 1. The van der Waals surface area contributed by atoms with Crippen LogP contribution in [0, 0.1) is 17.3 Å². The van der Waals surface area contributed by atoms with Crippen molar-refractivity contribution in [3.05, 3.63) is 15.8 Å². The molecule has 7 heteroatoms. The highest BCUT2D eigenvalue weighted by molar-refractivity contribution is 7.15. The van der Waals surface area contributed by atoms with Crippen LogP contribution in [0.15, 0.2) is 6.07 Å². The van der Waals surface area contributed by atoms with Crippen molar-refractivity contribution < 1.29 is 9.53 Å². The molecule has 23 heavy (non-hydrogen) atoms. The molecule has 1 atom stereocenters. The van der Waals surface area contributed by atoms with E-state index in [-0.39, 0.29) is 17.4 Å². The van der Waals surface area contributed by atoms with E-state index in [4.69, 9.17) is 10.6 Å². The van der Waals surface area contributed by atoms with Gasteiger partial charge in [-0.3, -0.25) is 11.3 Å². The van der Waals surface area contributed by atoms with Crippen molar-refractivity contribution >= 4 is 23.0 Å². The second-order valence-corrected chi connectivity index (χ2v) is 7.17. The molecule has 1 aromatic rings. The van der Waals surface area contributed by atoms with Crippen LogP contribution in [0.5, 0.6) is 0 Å². The van der Waals surface area contributed by atoms with Crippen LogP contribution in [0.1, 0.15) is 35.3 Å². The maximum atomic E-state index is 11.9. The third-order valence-electron chi connectivity index (χ3n) is 2.97. The average Bonchev–Trinajstić information content (AvgIpc) is 2.91. The summed E-state index contributed by atoms with van der Waals surface area (Å²) >= 11 is 1.33. The predicted octanol–water partition coefficient (Wildman–Crippen LogP) is 1.40. The molecule has 0 aliphatic rings. The normalized spacial score (nSPS) is 12.3. The van der Waals surface area contributed by atoms with Gasteiger partial charge in [0.25, 0.3) is 0 Å². The molecule has 0 aliphatic carbocycles. The van der Waals surface area contributed by atoms with Gasteiger partial charge in [0.1, 0.15) is 4.88 Å². The number of rotatable bonds is 7. The van der Waals surface area contributed by atoms with E-state index in [0.29, 0.717) is 18.0 Å². The summed E-state index contributed by atoms with van der Waals surface area (Å²) in [6.45, 7) is 7.37. The lowest BCUT2D eigenvalue weighted by atomic mass is 9.98. The minimum Gasteiger partial charge on any atom is -0.465 e. The molecular weight excluding hydrogens is 312 g/mol. The minimum absolute atomic E-state index is 0.0902. The summed E-state index contributed by atoms with van der Waals surface area (Å²) in [4.78, 5) is 13.3. The molecule has 0 aromatic carbocycles. The SMILES string of the molecule is CNC(CNN)CNc1cc(C#CC(C)(C)C)sc1C(=O)OC. The van der Waals surface area contributed by atoms with Crippen molar-refractivity contribution in [2.45, 2.75) is 26.8 Å². The zero-order valence-corrected chi connectivity index (χ0v) is 15.2. The van der Waals surface area contributed by atoms with Gasteiger partial charge >= 0.3 is 5.97 Å². The fourth-order valence-corrected chi connectivity index (χ4v) is 2.64. The lowest BCUT2D eigenvalue weighted by molar-refractivity contribution is 0.0607. The third-order valence-corrected chi connectivity index (χ3v) is 4.01. The van der Waals surface area contributed by atoms with Crippen LogP contribution >= 0.6 is 11.3 Å². The Labute approximate surface area is 142 Å². The molecule has 1 unspecified atom stereocenters. The summed E-state index contributed by atoms with van der Waals surface area (Å²) in [6, 6.07) is 2.02. The Morgan fingerprint density at radius 1 is 1.43 bits per heavy atom. The molecule has 0 saturated heterocycles. The number of nitrogens with one attached hydrogen (secondary N) is 3. The summed E-state index contributed by atoms with van der Waals surface area (Å²) in [7, 11) is 3.24. The first-order chi connectivity index (χ1) is 10.8. The molecule has 6 nitrogen and oxygen atoms in total. The van der Waals surface area contributed by atoms with Crippen LogP contribution < -0.4 is 21.9 Å². The predicted molar refractivity (Wildman–Crippen MR) is 95.5 cm³/mol. The zero-order valence-electron chi connectivity index (χ0n) is 14.4. The molecule has 1 heterocycles. The number of hydrogen-bond acceptors (Lipinski definition) is 7. The first-order valence-electron chi connectivity index (χ1n) is 7.40. The standard InChI is InChI=1S/C16H26N4O2S/c1-16(2,3)7-6-12-8-13(14(23-12)15(21)22-5)19-9-11(18-4)10-20-17/h8,11,18-20H,9-10,17H2,1-5H3. The van der Waals surface area contributed by atoms with Crippen molar-refractivity contribution in [2.24, 2.45) is 11.3 Å². The van der Waals surface area contributed by atoms with Crippen molar-refractivity contribution in [2.75, 3.05) is 32.6 Å². The van der Waals surface area contributed by atoms with Crippen LogP contribution in [0.2, 0.25) is 0 Å². The highest BCUT2D eigenvalue weighted by atomic mass is 32.1. The molecule has 0 aliphatic heterocycles. The number of carbonyl (C=O) groups excluding carboxylic acids is 1. The summed E-state index contributed by atoms with van der Waals surface area (Å²) in [5.74, 6) is 11.3. The Morgan fingerprint density at radius 3 is 2.65 bits per heavy atom. The molecule has 0 spiro atoms. The van der Waals surface area contributed by atoms with E-state index in [1.54, 1.807) is 0 Å². The van der Waals surface area contributed by atoms with Gasteiger partial charge < -0.3 is 15.4 Å². The third kappa shape index (κ3) is 6.59. The van der Waals surface area contributed by atoms with E-state index in [1.807, 2.05) is 33.9 Å². The Bertz CT molecular complexity index is 581. The van der Waals surface area contributed by atoms with E-state index < -0.39 is 0 Å². The Balaban J connectivity index is 2.97. The molecule has 1 aromatic heterocycles. The quantitative estimate of drug-likeness (QED) is 0.260. The summed E-state index contributed by atoms with van der Waals surface area (Å²) < 4.78 is 4.85. The topological polar surface area (TPSA) is 88.4 Å². The highest BCUT2D eigenvalue weighted by Crippen LogP contribution is 2.28. The van der Waals surface area contributed by atoms with E-state index in [9.17, 15) is 4.79 Å². The first kappa shape index (κ1) is 19.5. The summed E-state index contributed by atoms with van der Waals surface area (Å²) in [5, 5.41) is 6.41. The number of methoxy groups -OCH3 is 1. The summed E-state index contributed by atoms with van der Waals surface area (Å²) in [5.41, 5.74) is 3.28. The van der Waals surface area contributed by atoms with Crippen molar-refractivity contribution in [3.8, 4) is 11.8 Å². The number of esters is 1. The maximum Gasteiger partial charge on any atom is 0.350 e. The molecule has 0 fully saturated rings. The van der Waals surface area contributed by atoms with Gasteiger partial charge in [0.2, 0.25) is 0 Å². The van der Waals surface area contributed by atoms with E-state index in [2.05, 4.69) is 27.9 Å². The Hall–Kier alpha value is -1.59. The molecule has 0 amide bonds. The zero-order chi connectivity index (χ0) is 17.5. The largest absolute Gasteiger partial charge is 0.465 e. The number of thiophene rings is 1. The number of hydrazine groups is 1. The fraction of sp³-hybridized carbons (Fsp3) is 0.562. The fourth-order valence-electron chi connectivity index (χ4n) is 1.73. The highest BCUT2D eigenvalue weighted by Gasteiger charge is 2.17. The number of hydrogen-bond donors (Lipinski definition) is 4. The monoisotopic (exact) mass is 338 g/mol. The van der Waals surface area contributed by atoms with Gasteiger partial charge in [-0.2, -0.15) is 0 Å². The van der Waals surface area contributed by atoms with Crippen molar-refractivity contribution in [1.29, 1.82) is 0 Å². The van der Waals surface area contributed by atoms with Crippen LogP contribution in [0.3, 0.4) is 0 Å². The van der Waals surface area contributed by atoms with Crippen molar-refractivity contribution in [1.82, 2.24) is 10.7 Å². The molecule has 1 rings (SSSR count). The molecule has 0 saturated carbocycles. The van der Waals surface area contributed by atoms with Gasteiger partial charge in [0.15, 0.2) is 0 Å². The van der Waals surface area contributed by atoms with Crippen LogP contribution in [-0.4, -0.2) is 39.3 Å². The van der Waals surface area contributed by atoms with E-state index in [1.165, 1.54) is 18.4 Å². The Kier molecular flexibility index (Phi) is 7.52. The molecule has 0 bridgehead atoms. The van der Waals surface area contributed by atoms with Gasteiger partial charge in [-0.1, -0.05) is 11.8 Å². The molecular formula is C16H26N4O2S. The van der Waals surface area contributed by atoms with Gasteiger partial charge in [0.05, 0.1) is 17.7 Å². The van der Waals surface area contributed by atoms with Crippen LogP contribution in [0.25, 0.3) is 0 Å². The second-order valence-electron chi connectivity index (χ2n) is 6.12. The summed E-state index contributed by atoms with van der Waals surface area (Å²) in [6.07, 6.45) is 0. The number of likely N-dealkylation sites (N-methyl/N-ethyl adjacent to an activating group) is 1. The number of carbonyl (C=O) groups is 1.